The fourth-order valence-corrected chi connectivity index (χ4v) is 3.07. The van der Waals surface area contributed by atoms with Crippen molar-refractivity contribution in [2.24, 2.45) is 0 Å². The molecule has 3 rings (SSSR count). The first kappa shape index (κ1) is 15.6. The summed E-state index contributed by atoms with van der Waals surface area (Å²) < 4.78 is 12.1. The molecule has 1 saturated heterocycles. The lowest BCUT2D eigenvalue weighted by molar-refractivity contribution is 0.0138. The van der Waals surface area contributed by atoms with Gasteiger partial charge in [0.15, 0.2) is 5.11 Å². The number of benzene rings is 1. The molecule has 1 fully saturated rings. The van der Waals surface area contributed by atoms with Crippen LogP contribution in [0.1, 0.15) is 11.9 Å². The summed E-state index contributed by atoms with van der Waals surface area (Å²) in [7, 11) is 1.81. The van der Waals surface area contributed by atoms with Crippen LogP contribution >= 0.6 is 34.8 Å². The third-order valence-corrected chi connectivity index (χ3v) is 4.52. The van der Waals surface area contributed by atoms with Crippen molar-refractivity contribution in [3.8, 4) is 11.4 Å². The molecule has 1 atom stereocenters. The van der Waals surface area contributed by atoms with Crippen LogP contribution in [-0.2, 0) is 4.74 Å². The van der Waals surface area contributed by atoms with Crippen molar-refractivity contribution in [1.82, 2.24) is 20.4 Å². The molecule has 1 N–H and O–H groups in total. The predicted octanol–water partition coefficient (Wildman–Crippen LogP) is 2.22. The minimum absolute atomic E-state index is 0.155. The number of aromatic nitrogens is 2. The Labute approximate surface area is 147 Å². The quantitative estimate of drug-likeness (QED) is 0.579. The lowest BCUT2D eigenvalue weighted by atomic mass is 10.2. The molecule has 116 valence electrons. The molecule has 1 aliphatic heterocycles. The standard InChI is InChI=1S/C14H15IN4O2S/c1-16-14(22)19-5-6-20-8-11(19)13-17-12(18-21-13)9-3-2-4-10(15)7-9/h2-4,7,11H,5-6,8H2,1H3,(H,16,22). The van der Waals surface area contributed by atoms with Crippen molar-refractivity contribution in [1.29, 1.82) is 0 Å². The van der Waals surface area contributed by atoms with E-state index in [2.05, 4.69) is 38.0 Å². The van der Waals surface area contributed by atoms with E-state index in [1.165, 1.54) is 0 Å². The average molecular weight is 430 g/mol. The highest BCUT2D eigenvalue weighted by Gasteiger charge is 2.31. The number of rotatable bonds is 2. The number of nitrogens with zero attached hydrogens (tertiary/aromatic N) is 3. The average Bonchev–Trinajstić information content (AvgIpc) is 3.04. The Morgan fingerprint density at radius 3 is 3.14 bits per heavy atom. The van der Waals surface area contributed by atoms with Crippen LogP contribution in [0.3, 0.4) is 0 Å². The summed E-state index contributed by atoms with van der Waals surface area (Å²) in [5.41, 5.74) is 0.932. The smallest absolute Gasteiger partial charge is 0.252 e. The van der Waals surface area contributed by atoms with Gasteiger partial charge < -0.3 is 19.5 Å². The number of nitrogens with one attached hydrogen (secondary N) is 1. The molecule has 0 amide bonds. The summed E-state index contributed by atoms with van der Waals surface area (Å²) >= 11 is 7.60. The fourth-order valence-electron chi connectivity index (χ4n) is 2.31. The molecule has 0 saturated carbocycles. The molecule has 1 aromatic heterocycles. The van der Waals surface area contributed by atoms with Gasteiger partial charge in [-0.05, 0) is 46.9 Å². The molecule has 1 aliphatic rings. The molecular weight excluding hydrogens is 415 g/mol. The van der Waals surface area contributed by atoms with E-state index in [4.69, 9.17) is 21.5 Å². The first-order chi connectivity index (χ1) is 10.7. The van der Waals surface area contributed by atoms with Crippen molar-refractivity contribution in [2.45, 2.75) is 6.04 Å². The van der Waals surface area contributed by atoms with Crippen molar-refractivity contribution in [3.05, 3.63) is 33.7 Å². The molecule has 1 aromatic carbocycles. The highest BCUT2D eigenvalue weighted by molar-refractivity contribution is 14.1. The zero-order valence-electron chi connectivity index (χ0n) is 12.0. The highest BCUT2D eigenvalue weighted by Crippen LogP contribution is 2.26. The Balaban J connectivity index is 1.87. The van der Waals surface area contributed by atoms with Crippen LogP contribution in [0.4, 0.5) is 0 Å². The number of ether oxygens (including phenoxy) is 1. The van der Waals surface area contributed by atoms with E-state index in [-0.39, 0.29) is 6.04 Å². The van der Waals surface area contributed by atoms with Crippen LogP contribution in [-0.4, -0.2) is 47.0 Å². The molecule has 8 heteroatoms. The first-order valence-corrected chi connectivity index (χ1v) is 8.33. The molecule has 0 aliphatic carbocycles. The van der Waals surface area contributed by atoms with Gasteiger partial charge in [0.25, 0.3) is 5.89 Å². The summed E-state index contributed by atoms with van der Waals surface area (Å²) in [5.74, 6) is 1.10. The number of hydrogen-bond donors (Lipinski definition) is 1. The Hall–Kier alpha value is -1.26. The van der Waals surface area contributed by atoms with E-state index >= 15 is 0 Å². The summed E-state index contributed by atoms with van der Waals surface area (Å²) in [4.78, 5) is 6.54. The SMILES string of the molecule is CNC(=S)N1CCOCC1c1nc(-c2cccc(I)c2)no1. The van der Waals surface area contributed by atoms with Gasteiger partial charge in [0.1, 0.15) is 6.04 Å². The Kier molecular flexibility index (Phi) is 4.89. The fraction of sp³-hybridized carbons (Fsp3) is 0.357. The van der Waals surface area contributed by atoms with Crippen LogP contribution in [0.15, 0.2) is 28.8 Å². The van der Waals surface area contributed by atoms with E-state index in [0.717, 1.165) is 9.13 Å². The number of thiocarbonyl (C=S) groups is 1. The third kappa shape index (κ3) is 3.23. The lowest BCUT2D eigenvalue weighted by Crippen LogP contribution is -2.47. The van der Waals surface area contributed by atoms with Gasteiger partial charge in [-0.3, -0.25) is 0 Å². The molecule has 22 heavy (non-hydrogen) atoms. The van der Waals surface area contributed by atoms with Gasteiger partial charge in [0.2, 0.25) is 5.82 Å². The van der Waals surface area contributed by atoms with Crippen LogP contribution < -0.4 is 5.32 Å². The van der Waals surface area contributed by atoms with Gasteiger partial charge in [-0.2, -0.15) is 4.98 Å². The van der Waals surface area contributed by atoms with Crippen molar-refractivity contribution in [2.75, 3.05) is 26.8 Å². The maximum Gasteiger partial charge on any atom is 0.252 e. The third-order valence-electron chi connectivity index (χ3n) is 3.41. The minimum Gasteiger partial charge on any atom is -0.377 e. The van der Waals surface area contributed by atoms with Crippen LogP contribution in [0.25, 0.3) is 11.4 Å². The van der Waals surface area contributed by atoms with Crippen LogP contribution in [0.5, 0.6) is 0 Å². The van der Waals surface area contributed by atoms with E-state index < -0.39 is 0 Å². The van der Waals surface area contributed by atoms with Crippen molar-refractivity contribution in [3.63, 3.8) is 0 Å². The minimum atomic E-state index is -0.155. The molecule has 0 spiro atoms. The topological polar surface area (TPSA) is 63.4 Å². The van der Waals surface area contributed by atoms with Gasteiger partial charge in [0.05, 0.1) is 13.2 Å². The number of morpholine rings is 1. The molecule has 0 bridgehead atoms. The van der Waals surface area contributed by atoms with E-state index in [9.17, 15) is 0 Å². The Morgan fingerprint density at radius 2 is 2.36 bits per heavy atom. The molecule has 2 aromatic rings. The predicted molar refractivity (Wildman–Crippen MR) is 94.4 cm³/mol. The summed E-state index contributed by atoms with van der Waals surface area (Å²) in [6.07, 6.45) is 0. The maximum absolute atomic E-state index is 5.54. The first-order valence-electron chi connectivity index (χ1n) is 6.84. The van der Waals surface area contributed by atoms with Gasteiger partial charge in [-0.1, -0.05) is 17.3 Å². The zero-order valence-corrected chi connectivity index (χ0v) is 14.9. The summed E-state index contributed by atoms with van der Waals surface area (Å²) in [5, 5.41) is 7.73. The highest BCUT2D eigenvalue weighted by atomic mass is 127. The van der Waals surface area contributed by atoms with Crippen molar-refractivity contribution < 1.29 is 9.26 Å². The Bertz CT molecular complexity index is 678. The van der Waals surface area contributed by atoms with E-state index in [0.29, 0.717) is 36.6 Å². The molecule has 0 radical (unpaired) electrons. The zero-order chi connectivity index (χ0) is 15.5. The largest absolute Gasteiger partial charge is 0.377 e. The normalized spacial score (nSPS) is 18.3. The molecular formula is C14H15IN4O2S. The maximum atomic E-state index is 5.54. The van der Waals surface area contributed by atoms with Gasteiger partial charge >= 0.3 is 0 Å². The van der Waals surface area contributed by atoms with Gasteiger partial charge in [-0.15, -0.1) is 0 Å². The van der Waals surface area contributed by atoms with E-state index in [1.54, 1.807) is 7.05 Å². The van der Waals surface area contributed by atoms with Crippen LogP contribution in [0, 0.1) is 3.57 Å². The van der Waals surface area contributed by atoms with Gasteiger partial charge in [-0.25, -0.2) is 0 Å². The molecule has 6 nitrogen and oxygen atoms in total. The second kappa shape index (κ2) is 6.88. The Morgan fingerprint density at radius 1 is 1.50 bits per heavy atom. The van der Waals surface area contributed by atoms with Gasteiger partial charge in [0, 0.05) is 22.7 Å². The number of halogens is 1. The monoisotopic (exact) mass is 430 g/mol. The molecule has 1 unspecified atom stereocenters. The lowest BCUT2D eigenvalue weighted by Gasteiger charge is -2.34. The van der Waals surface area contributed by atoms with E-state index in [1.807, 2.05) is 29.2 Å². The van der Waals surface area contributed by atoms with Crippen LogP contribution in [0.2, 0.25) is 0 Å². The van der Waals surface area contributed by atoms with Crippen molar-refractivity contribution >= 4 is 39.9 Å². The second-order valence-corrected chi connectivity index (χ2v) is 6.44. The summed E-state index contributed by atoms with van der Waals surface area (Å²) in [6.45, 7) is 1.82. The summed E-state index contributed by atoms with van der Waals surface area (Å²) in [6, 6.07) is 7.82. The second-order valence-electron chi connectivity index (χ2n) is 4.81. The molecule has 2 heterocycles. The number of hydrogen-bond acceptors (Lipinski definition) is 5.